The summed E-state index contributed by atoms with van der Waals surface area (Å²) < 4.78 is 5.34. The van der Waals surface area contributed by atoms with Gasteiger partial charge < -0.3 is 10.1 Å². The van der Waals surface area contributed by atoms with E-state index in [-0.39, 0.29) is 5.91 Å². The zero-order chi connectivity index (χ0) is 10.4. The number of hydrogen-bond acceptors (Lipinski definition) is 2. The van der Waals surface area contributed by atoms with E-state index in [0.29, 0.717) is 18.2 Å². The van der Waals surface area contributed by atoms with Crippen LogP contribution in [0.5, 0.6) is 5.75 Å². The van der Waals surface area contributed by atoms with Crippen molar-refractivity contribution in [1.29, 1.82) is 0 Å². The van der Waals surface area contributed by atoms with Gasteiger partial charge in [-0.2, -0.15) is 0 Å². The molecule has 1 aromatic rings. The summed E-state index contributed by atoms with van der Waals surface area (Å²) in [7, 11) is 0. The maximum Gasteiger partial charge on any atom is 0.216 e. The minimum atomic E-state index is -0.0512. The zero-order valence-corrected chi connectivity index (χ0v) is 8.67. The maximum atomic E-state index is 10.5. The third-order valence-corrected chi connectivity index (χ3v) is 1.81. The van der Waals surface area contributed by atoms with E-state index in [4.69, 9.17) is 16.3 Å². The molecule has 0 spiro atoms. The highest BCUT2D eigenvalue weighted by molar-refractivity contribution is 6.30. The van der Waals surface area contributed by atoms with Gasteiger partial charge in [0.2, 0.25) is 5.91 Å². The largest absolute Gasteiger partial charge is 0.492 e. The second-order valence-electron chi connectivity index (χ2n) is 2.79. The van der Waals surface area contributed by atoms with Crippen molar-refractivity contribution in [2.75, 3.05) is 13.2 Å². The van der Waals surface area contributed by atoms with Crippen LogP contribution in [0, 0.1) is 0 Å². The van der Waals surface area contributed by atoms with Crippen LogP contribution in [0.2, 0.25) is 5.02 Å². The van der Waals surface area contributed by atoms with Gasteiger partial charge in [-0.1, -0.05) is 11.6 Å². The van der Waals surface area contributed by atoms with Gasteiger partial charge in [0, 0.05) is 11.9 Å². The normalized spacial score (nSPS) is 9.57. The Balaban J connectivity index is 2.25. The van der Waals surface area contributed by atoms with Gasteiger partial charge in [0.25, 0.3) is 0 Å². The molecule has 4 heteroatoms. The van der Waals surface area contributed by atoms with Gasteiger partial charge in [0.1, 0.15) is 12.4 Å². The average molecular weight is 214 g/mol. The Morgan fingerprint density at radius 3 is 2.64 bits per heavy atom. The molecule has 0 heterocycles. The summed E-state index contributed by atoms with van der Waals surface area (Å²) in [6, 6.07) is 7.09. The molecule has 0 radical (unpaired) electrons. The van der Waals surface area contributed by atoms with E-state index in [9.17, 15) is 4.79 Å². The Bertz CT molecular complexity index is 297. The number of carbonyl (C=O) groups is 1. The van der Waals surface area contributed by atoms with Crippen molar-refractivity contribution in [3.63, 3.8) is 0 Å². The summed E-state index contributed by atoms with van der Waals surface area (Å²) in [5.74, 6) is 0.699. The molecule has 0 aliphatic rings. The minimum Gasteiger partial charge on any atom is -0.492 e. The summed E-state index contributed by atoms with van der Waals surface area (Å²) in [5.41, 5.74) is 0. The Kier molecular flexibility index (Phi) is 4.26. The maximum absolute atomic E-state index is 10.5. The average Bonchev–Trinajstić information content (AvgIpc) is 2.15. The van der Waals surface area contributed by atoms with Crippen LogP contribution in [0.1, 0.15) is 6.92 Å². The summed E-state index contributed by atoms with van der Waals surface area (Å²) in [4.78, 5) is 10.5. The molecular weight excluding hydrogens is 202 g/mol. The monoisotopic (exact) mass is 213 g/mol. The molecule has 0 bridgehead atoms. The SMILES string of the molecule is CC(=O)NCCOc1ccc(Cl)cc1. The van der Waals surface area contributed by atoms with Gasteiger partial charge in [-0.15, -0.1) is 0 Å². The van der Waals surface area contributed by atoms with Crippen molar-refractivity contribution < 1.29 is 9.53 Å². The van der Waals surface area contributed by atoms with Crippen molar-refractivity contribution in [1.82, 2.24) is 5.32 Å². The summed E-state index contributed by atoms with van der Waals surface area (Å²) in [6.45, 7) is 2.45. The Morgan fingerprint density at radius 2 is 2.07 bits per heavy atom. The van der Waals surface area contributed by atoms with Crippen molar-refractivity contribution in [2.45, 2.75) is 6.92 Å². The summed E-state index contributed by atoms with van der Waals surface area (Å²) in [5, 5.41) is 3.32. The molecule has 0 saturated carbocycles. The predicted octanol–water partition coefficient (Wildman–Crippen LogP) is 1.85. The first-order valence-electron chi connectivity index (χ1n) is 4.31. The quantitative estimate of drug-likeness (QED) is 0.776. The van der Waals surface area contributed by atoms with Crippen LogP contribution in [-0.4, -0.2) is 19.1 Å². The fraction of sp³-hybridized carbons (Fsp3) is 0.300. The van der Waals surface area contributed by atoms with E-state index in [0.717, 1.165) is 5.75 Å². The van der Waals surface area contributed by atoms with E-state index < -0.39 is 0 Å². The van der Waals surface area contributed by atoms with E-state index in [2.05, 4.69) is 5.32 Å². The van der Waals surface area contributed by atoms with Crippen LogP contribution in [0.3, 0.4) is 0 Å². The summed E-state index contributed by atoms with van der Waals surface area (Å²) >= 11 is 5.70. The lowest BCUT2D eigenvalue weighted by atomic mass is 10.3. The molecule has 3 nitrogen and oxygen atoms in total. The fourth-order valence-electron chi connectivity index (χ4n) is 0.927. The molecule has 0 atom stereocenters. The van der Waals surface area contributed by atoms with Gasteiger partial charge in [0.05, 0.1) is 6.54 Å². The standard InChI is InChI=1S/C10H12ClNO2/c1-8(13)12-6-7-14-10-4-2-9(11)3-5-10/h2-5H,6-7H2,1H3,(H,12,13). The Hall–Kier alpha value is -1.22. The fourth-order valence-corrected chi connectivity index (χ4v) is 1.05. The van der Waals surface area contributed by atoms with Crippen LogP contribution >= 0.6 is 11.6 Å². The third kappa shape index (κ3) is 4.14. The number of rotatable bonds is 4. The molecule has 0 aromatic heterocycles. The zero-order valence-electron chi connectivity index (χ0n) is 7.92. The second-order valence-corrected chi connectivity index (χ2v) is 3.22. The topological polar surface area (TPSA) is 38.3 Å². The lowest BCUT2D eigenvalue weighted by Crippen LogP contribution is -2.25. The number of benzene rings is 1. The van der Waals surface area contributed by atoms with E-state index in [1.807, 2.05) is 0 Å². The van der Waals surface area contributed by atoms with Crippen LogP contribution in [0.4, 0.5) is 0 Å². The molecule has 76 valence electrons. The molecule has 0 aliphatic carbocycles. The van der Waals surface area contributed by atoms with Gasteiger partial charge in [-0.25, -0.2) is 0 Å². The smallest absolute Gasteiger partial charge is 0.216 e. The predicted molar refractivity (Wildman–Crippen MR) is 55.6 cm³/mol. The molecule has 1 rings (SSSR count). The highest BCUT2D eigenvalue weighted by Crippen LogP contribution is 2.14. The van der Waals surface area contributed by atoms with Crippen molar-refractivity contribution >= 4 is 17.5 Å². The van der Waals surface area contributed by atoms with E-state index in [1.54, 1.807) is 24.3 Å². The van der Waals surface area contributed by atoms with Crippen molar-refractivity contribution in [3.8, 4) is 5.75 Å². The first-order valence-corrected chi connectivity index (χ1v) is 4.69. The lowest BCUT2D eigenvalue weighted by molar-refractivity contribution is -0.119. The molecule has 14 heavy (non-hydrogen) atoms. The number of carbonyl (C=O) groups excluding carboxylic acids is 1. The molecule has 0 fully saturated rings. The lowest BCUT2D eigenvalue weighted by Gasteiger charge is -2.05. The third-order valence-electron chi connectivity index (χ3n) is 1.56. The van der Waals surface area contributed by atoms with Gasteiger partial charge in [-0.3, -0.25) is 4.79 Å². The Labute approximate surface area is 88.0 Å². The minimum absolute atomic E-state index is 0.0512. The molecular formula is C10H12ClNO2. The molecule has 1 aromatic carbocycles. The molecule has 0 saturated heterocycles. The number of halogens is 1. The highest BCUT2D eigenvalue weighted by Gasteiger charge is 1.94. The van der Waals surface area contributed by atoms with Crippen LogP contribution in [0.15, 0.2) is 24.3 Å². The molecule has 1 amide bonds. The number of amides is 1. The van der Waals surface area contributed by atoms with Gasteiger partial charge in [0.15, 0.2) is 0 Å². The second kappa shape index (κ2) is 5.50. The number of nitrogens with one attached hydrogen (secondary N) is 1. The molecule has 0 unspecified atom stereocenters. The van der Waals surface area contributed by atoms with Crippen molar-refractivity contribution in [3.05, 3.63) is 29.3 Å². The summed E-state index contributed by atoms with van der Waals surface area (Å²) in [6.07, 6.45) is 0. The van der Waals surface area contributed by atoms with Crippen molar-refractivity contribution in [2.24, 2.45) is 0 Å². The number of hydrogen-bond donors (Lipinski definition) is 1. The number of ether oxygens (including phenoxy) is 1. The van der Waals surface area contributed by atoms with Gasteiger partial charge >= 0.3 is 0 Å². The van der Waals surface area contributed by atoms with Crippen LogP contribution in [-0.2, 0) is 4.79 Å². The first-order chi connectivity index (χ1) is 6.68. The van der Waals surface area contributed by atoms with Crippen LogP contribution in [0.25, 0.3) is 0 Å². The first kappa shape index (κ1) is 10.9. The van der Waals surface area contributed by atoms with E-state index >= 15 is 0 Å². The Morgan fingerprint density at radius 1 is 1.43 bits per heavy atom. The highest BCUT2D eigenvalue weighted by atomic mass is 35.5. The molecule has 0 aliphatic heterocycles. The van der Waals surface area contributed by atoms with E-state index in [1.165, 1.54) is 6.92 Å². The van der Waals surface area contributed by atoms with Crippen LogP contribution < -0.4 is 10.1 Å². The molecule has 1 N–H and O–H groups in total. The van der Waals surface area contributed by atoms with Gasteiger partial charge in [-0.05, 0) is 24.3 Å².